The van der Waals surface area contributed by atoms with Gasteiger partial charge in [-0.3, -0.25) is 4.90 Å². The fraction of sp³-hybridized carbons (Fsp3) is 0.393. The zero-order chi connectivity index (χ0) is 28.8. The predicted octanol–water partition coefficient (Wildman–Crippen LogP) is 4.07. The maximum atomic E-state index is 14.7. The van der Waals surface area contributed by atoms with Crippen LogP contribution >= 0.6 is 0 Å². The molecule has 11 nitrogen and oxygen atoms in total. The van der Waals surface area contributed by atoms with Crippen LogP contribution in [0, 0.1) is 11.6 Å². The quantitative estimate of drug-likeness (QED) is 0.346. The number of aromatic nitrogens is 2. The van der Waals surface area contributed by atoms with E-state index in [1.54, 1.807) is 6.07 Å². The van der Waals surface area contributed by atoms with Crippen molar-refractivity contribution in [3.63, 3.8) is 0 Å². The first-order valence-corrected chi connectivity index (χ1v) is 13.3. The van der Waals surface area contributed by atoms with Gasteiger partial charge in [-0.1, -0.05) is 0 Å². The summed E-state index contributed by atoms with van der Waals surface area (Å²) in [5, 5.41) is 12.8. The molecule has 2 aliphatic rings. The number of benzene rings is 2. The van der Waals surface area contributed by atoms with Crippen LogP contribution in [0.15, 0.2) is 42.6 Å². The molecule has 3 aromatic rings. The number of fused-ring (bicyclic) bond motifs is 1. The Morgan fingerprint density at radius 1 is 1.17 bits per heavy atom. The summed E-state index contributed by atoms with van der Waals surface area (Å²) in [6.45, 7) is 5.36. The van der Waals surface area contributed by atoms with E-state index in [9.17, 15) is 18.7 Å². The molecule has 1 saturated heterocycles. The number of nitrogens with zero attached hydrogens (tertiary/aromatic N) is 5. The van der Waals surface area contributed by atoms with Crippen molar-refractivity contribution in [1.29, 1.82) is 0 Å². The molecule has 0 spiro atoms. The molecule has 0 saturated carbocycles. The Kier molecular flexibility index (Phi) is 9.07. The minimum absolute atomic E-state index is 0.0166. The van der Waals surface area contributed by atoms with Gasteiger partial charge in [0.25, 0.3) is 0 Å². The Bertz CT molecular complexity index is 1370. The summed E-state index contributed by atoms with van der Waals surface area (Å²) >= 11 is 0. The van der Waals surface area contributed by atoms with Gasteiger partial charge < -0.3 is 34.4 Å². The maximum Gasteiger partial charge on any atom is 0.413 e. The van der Waals surface area contributed by atoms with E-state index in [2.05, 4.69) is 32.1 Å². The van der Waals surface area contributed by atoms with Crippen LogP contribution in [0.25, 0.3) is 0 Å². The number of hydrogen-bond acceptors (Lipinski definition) is 9. The molecule has 2 aromatic carbocycles. The lowest BCUT2D eigenvalue weighted by atomic mass is 10.1. The Balaban J connectivity index is 1.21. The van der Waals surface area contributed by atoms with Crippen LogP contribution in [0.4, 0.5) is 31.0 Å². The summed E-state index contributed by atoms with van der Waals surface area (Å²) in [5.41, 5.74) is 1.19. The topological polar surface area (TPSA) is 113 Å². The Hall–Kier alpha value is -4.07. The molecule has 0 bridgehead atoms. The molecule has 0 radical (unpaired) electrons. The summed E-state index contributed by atoms with van der Waals surface area (Å²) in [7, 11) is 2.11. The lowest BCUT2D eigenvalue weighted by Crippen LogP contribution is -2.44. The largest absolute Gasteiger partial charge is 0.490 e. The number of likely N-dealkylation sites (N-methyl/N-ethyl adjacent to an activating group) is 1. The van der Waals surface area contributed by atoms with E-state index >= 15 is 0 Å². The normalized spacial score (nSPS) is 15.6. The van der Waals surface area contributed by atoms with E-state index in [0.29, 0.717) is 29.2 Å². The first kappa shape index (κ1) is 28.5. The van der Waals surface area contributed by atoms with Crippen molar-refractivity contribution < 1.29 is 32.9 Å². The molecule has 41 heavy (non-hydrogen) atoms. The van der Waals surface area contributed by atoms with Crippen LogP contribution in [0.2, 0.25) is 0 Å². The summed E-state index contributed by atoms with van der Waals surface area (Å²) in [6, 6.07) is 8.34. The smallest absolute Gasteiger partial charge is 0.413 e. The van der Waals surface area contributed by atoms with Crippen molar-refractivity contribution in [2.24, 2.45) is 0 Å². The zero-order valence-electron chi connectivity index (χ0n) is 22.7. The van der Waals surface area contributed by atoms with Gasteiger partial charge in [-0.25, -0.2) is 18.6 Å². The second-order valence-corrected chi connectivity index (χ2v) is 9.89. The highest BCUT2D eigenvalue weighted by atomic mass is 19.1. The zero-order valence-corrected chi connectivity index (χ0v) is 22.7. The van der Waals surface area contributed by atoms with E-state index < -0.39 is 17.7 Å². The van der Waals surface area contributed by atoms with Crippen LogP contribution in [0.3, 0.4) is 0 Å². The minimum atomic E-state index is -1.31. The molecule has 2 N–H and O–H groups in total. The molecule has 1 amide bonds. The number of carboxylic acid groups (broad SMARTS) is 1. The number of anilines is 3. The molecule has 13 heteroatoms. The number of rotatable bonds is 10. The molecule has 3 heterocycles. The van der Waals surface area contributed by atoms with Gasteiger partial charge in [0.15, 0.2) is 18.4 Å². The molecule has 1 aromatic heterocycles. The molecule has 0 atom stereocenters. The lowest BCUT2D eigenvalue weighted by Gasteiger charge is -2.32. The number of piperazine rings is 1. The third kappa shape index (κ3) is 7.37. The molecule has 0 unspecified atom stereocenters. The second kappa shape index (κ2) is 13.1. The fourth-order valence-corrected chi connectivity index (χ4v) is 4.72. The summed E-state index contributed by atoms with van der Waals surface area (Å²) in [4.78, 5) is 26.2. The minimum Gasteiger partial charge on any atom is -0.490 e. The summed E-state index contributed by atoms with van der Waals surface area (Å²) in [6.07, 6.45) is 0.863. The average molecular weight is 571 g/mol. The van der Waals surface area contributed by atoms with Crippen molar-refractivity contribution in [2.45, 2.75) is 19.6 Å². The highest BCUT2D eigenvalue weighted by Gasteiger charge is 2.23. The highest BCUT2D eigenvalue weighted by Crippen LogP contribution is 2.31. The van der Waals surface area contributed by atoms with Gasteiger partial charge in [-0.2, -0.15) is 4.98 Å². The average Bonchev–Trinajstić information content (AvgIpc) is 2.95. The molecular weight excluding hydrogens is 538 g/mol. The van der Waals surface area contributed by atoms with Crippen LogP contribution < -0.4 is 19.7 Å². The van der Waals surface area contributed by atoms with Crippen molar-refractivity contribution >= 4 is 23.5 Å². The third-order valence-corrected chi connectivity index (χ3v) is 6.89. The van der Waals surface area contributed by atoms with Crippen molar-refractivity contribution in [3.8, 4) is 11.5 Å². The van der Waals surface area contributed by atoms with Crippen molar-refractivity contribution in [3.05, 3.63) is 65.4 Å². The third-order valence-electron chi connectivity index (χ3n) is 6.89. The molecule has 2 aliphatic heterocycles. The molecule has 218 valence electrons. The number of nitrogens with one attached hydrogen (secondary N) is 1. The maximum absolute atomic E-state index is 14.7. The molecule has 1 fully saturated rings. The predicted molar refractivity (Wildman–Crippen MR) is 147 cm³/mol. The Morgan fingerprint density at radius 2 is 2.00 bits per heavy atom. The van der Waals surface area contributed by atoms with Crippen LogP contribution in [0.5, 0.6) is 11.5 Å². The number of amides is 1. The van der Waals surface area contributed by atoms with Gasteiger partial charge >= 0.3 is 6.09 Å². The number of halogens is 2. The Morgan fingerprint density at radius 3 is 2.78 bits per heavy atom. The van der Waals surface area contributed by atoms with E-state index in [-0.39, 0.29) is 37.5 Å². The number of carbonyl (C=O) groups is 1. The van der Waals surface area contributed by atoms with E-state index in [0.717, 1.165) is 44.0 Å². The van der Waals surface area contributed by atoms with Gasteiger partial charge in [-0.05, 0) is 43.8 Å². The van der Waals surface area contributed by atoms with Gasteiger partial charge in [0.05, 0.1) is 19.8 Å². The second-order valence-electron chi connectivity index (χ2n) is 9.89. The standard InChI is InChI=1S/C28H32F2N6O5/c1-34-8-10-35(11-9-34)7-2-12-40-24-4-3-22(15-23(24)30)32-27-31-6-5-25(33-27)36(28(37)38)16-19-13-21(29)14-20-17-39-18-41-26(19)20/h3-6,13-15H,2,7-12,16-18H2,1H3,(H,37,38)(H,31,32,33). The van der Waals surface area contributed by atoms with Crippen molar-refractivity contribution in [2.75, 3.05) is 63.4 Å². The lowest BCUT2D eigenvalue weighted by molar-refractivity contribution is -0.0172. The van der Waals surface area contributed by atoms with Crippen LogP contribution in [-0.2, 0) is 17.9 Å². The van der Waals surface area contributed by atoms with Crippen molar-refractivity contribution in [1.82, 2.24) is 19.8 Å². The molecule has 0 aliphatic carbocycles. The monoisotopic (exact) mass is 570 g/mol. The molecular formula is C28H32F2N6O5. The summed E-state index contributed by atoms with van der Waals surface area (Å²) < 4.78 is 45.3. The van der Waals surface area contributed by atoms with Gasteiger partial charge in [-0.15, -0.1) is 0 Å². The SMILES string of the molecule is CN1CCN(CCCOc2ccc(Nc3nccc(N(Cc4cc(F)cc5c4OCOC5)C(=O)O)n3)cc2F)CC1. The highest BCUT2D eigenvalue weighted by molar-refractivity contribution is 5.85. The van der Waals surface area contributed by atoms with E-state index in [4.69, 9.17) is 14.2 Å². The first-order chi connectivity index (χ1) is 19.9. The number of ether oxygens (including phenoxy) is 3. The number of hydrogen-bond donors (Lipinski definition) is 2. The van der Waals surface area contributed by atoms with Crippen LogP contribution in [-0.4, -0.2) is 84.1 Å². The first-order valence-electron chi connectivity index (χ1n) is 13.3. The molecule has 5 rings (SSSR count). The fourth-order valence-electron chi connectivity index (χ4n) is 4.72. The summed E-state index contributed by atoms with van der Waals surface area (Å²) in [5.74, 6) is -0.452. The van der Waals surface area contributed by atoms with E-state index in [1.807, 2.05) is 0 Å². The van der Waals surface area contributed by atoms with E-state index in [1.165, 1.54) is 36.5 Å². The Labute approximate surface area is 236 Å². The van der Waals surface area contributed by atoms with Crippen LogP contribution in [0.1, 0.15) is 17.5 Å². The van der Waals surface area contributed by atoms with Gasteiger partial charge in [0, 0.05) is 61.8 Å². The van der Waals surface area contributed by atoms with Gasteiger partial charge in [0.1, 0.15) is 17.4 Å². The van der Waals surface area contributed by atoms with Gasteiger partial charge in [0.2, 0.25) is 5.95 Å².